The van der Waals surface area contributed by atoms with Gasteiger partial charge in [-0.2, -0.15) is 0 Å². The molecule has 0 aromatic rings. The molecule has 0 aromatic heterocycles. The summed E-state index contributed by atoms with van der Waals surface area (Å²) in [6, 6.07) is 0. The summed E-state index contributed by atoms with van der Waals surface area (Å²) in [6.45, 7) is 0. The zero-order valence-electron chi connectivity index (χ0n) is 12.9. The second kappa shape index (κ2) is 6.79. The SMILES string of the molecule is COC(=O)C(O)(C(=O)OC)[C@H]1C[C@@](O)(C(=O)OC)C[C@@H](O)[C@@H]1O. The number of aliphatic hydroxyl groups is 4. The maximum Gasteiger partial charge on any atom is 0.350 e. The summed E-state index contributed by atoms with van der Waals surface area (Å²) in [6.07, 6.45) is -4.85. The third kappa shape index (κ3) is 3.15. The molecule has 10 nitrogen and oxygen atoms in total. The van der Waals surface area contributed by atoms with Crippen molar-refractivity contribution in [2.45, 2.75) is 36.3 Å². The van der Waals surface area contributed by atoms with E-state index in [1.54, 1.807) is 0 Å². The van der Waals surface area contributed by atoms with E-state index in [2.05, 4.69) is 14.2 Å². The van der Waals surface area contributed by atoms with Gasteiger partial charge in [0, 0.05) is 12.3 Å². The Bertz CT molecular complexity index is 473. The molecule has 4 atom stereocenters. The zero-order valence-corrected chi connectivity index (χ0v) is 12.9. The van der Waals surface area contributed by atoms with Crippen LogP contribution in [0.1, 0.15) is 12.8 Å². The number of methoxy groups -OCH3 is 3. The van der Waals surface area contributed by atoms with Crippen LogP contribution in [0.25, 0.3) is 0 Å². The van der Waals surface area contributed by atoms with Crippen molar-refractivity contribution in [2.24, 2.45) is 5.92 Å². The van der Waals surface area contributed by atoms with Crippen LogP contribution in [0.2, 0.25) is 0 Å². The number of ether oxygens (including phenoxy) is 3. The fourth-order valence-corrected chi connectivity index (χ4v) is 2.75. The van der Waals surface area contributed by atoms with Crippen LogP contribution in [0.4, 0.5) is 0 Å². The Morgan fingerprint density at radius 2 is 1.48 bits per heavy atom. The van der Waals surface area contributed by atoms with Gasteiger partial charge in [-0.1, -0.05) is 0 Å². The van der Waals surface area contributed by atoms with Crippen molar-refractivity contribution in [1.29, 1.82) is 0 Å². The van der Waals surface area contributed by atoms with Gasteiger partial charge in [0.1, 0.15) is 0 Å². The molecule has 0 unspecified atom stereocenters. The van der Waals surface area contributed by atoms with Crippen molar-refractivity contribution >= 4 is 17.9 Å². The first-order valence-electron chi connectivity index (χ1n) is 6.64. The summed E-state index contributed by atoms with van der Waals surface area (Å²) < 4.78 is 13.1. The van der Waals surface area contributed by atoms with E-state index >= 15 is 0 Å². The first-order chi connectivity index (χ1) is 10.6. The molecule has 10 heteroatoms. The fourth-order valence-electron chi connectivity index (χ4n) is 2.75. The molecule has 132 valence electrons. The Balaban J connectivity index is 3.35. The number of esters is 3. The van der Waals surface area contributed by atoms with Crippen LogP contribution in [0.5, 0.6) is 0 Å². The largest absolute Gasteiger partial charge is 0.467 e. The van der Waals surface area contributed by atoms with E-state index in [1.165, 1.54) is 0 Å². The lowest BCUT2D eigenvalue weighted by atomic mass is 9.67. The topological polar surface area (TPSA) is 160 Å². The number of aliphatic hydroxyl groups excluding tert-OH is 2. The highest BCUT2D eigenvalue weighted by Crippen LogP contribution is 2.40. The highest BCUT2D eigenvalue weighted by Gasteiger charge is 2.62. The Kier molecular flexibility index (Phi) is 5.69. The van der Waals surface area contributed by atoms with Crippen LogP contribution in [0.3, 0.4) is 0 Å². The molecule has 0 heterocycles. The third-order valence-corrected chi connectivity index (χ3v) is 4.01. The fraction of sp³-hybridized carbons (Fsp3) is 0.769. The average Bonchev–Trinajstić information content (AvgIpc) is 2.54. The third-order valence-electron chi connectivity index (χ3n) is 4.01. The summed E-state index contributed by atoms with van der Waals surface area (Å²) in [5, 5.41) is 40.7. The van der Waals surface area contributed by atoms with Crippen molar-refractivity contribution in [3.63, 3.8) is 0 Å². The van der Waals surface area contributed by atoms with Gasteiger partial charge in [0.25, 0.3) is 5.60 Å². The summed E-state index contributed by atoms with van der Waals surface area (Å²) >= 11 is 0. The maximum atomic E-state index is 11.9. The van der Waals surface area contributed by atoms with Gasteiger partial charge in [-0.25, -0.2) is 14.4 Å². The molecule has 1 saturated carbocycles. The van der Waals surface area contributed by atoms with Gasteiger partial charge in [0.05, 0.1) is 33.5 Å². The van der Waals surface area contributed by atoms with Gasteiger partial charge in [-0.15, -0.1) is 0 Å². The van der Waals surface area contributed by atoms with E-state index in [0.29, 0.717) is 0 Å². The molecule has 0 bridgehead atoms. The smallest absolute Gasteiger partial charge is 0.350 e. The molecule has 1 fully saturated rings. The van der Waals surface area contributed by atoms with Crippen LogP contribution < -0.4 is 0 Å². The zero-order chi connectivity index (χ0) is 18.0. The highest BCUT2D eigenvalue weighted by molar-refractivity contribution is 6.03. The Hall–Kier alpha value is -1.75. The van der Waals surface area contributed by atoms with Gasteiger partial charge in [0.2, 0.25) is 0 Å². The number of carbonyl (C=O) groups is 3. The maximum absolute atomic E-state index is 11.9. The van der Waals surface area contributed by atoms with Gasteiger partial charge in [-0.3, -0.25) is 0 Å². The van der Waals surface area contributed by atoms with Crippen LogP contribution in [-0.4, -0.2) is 83.1 Å². The summed E-state index contributed by atoms with van der Waals surface area (Å²) in [4.78, 5) is 35.5. The molecule has 0 spiro atoms. The van der Waals surface area contributed by atoms with Crippen LogP contribution in [0.15, 0.2) is 0 Å². The predicted octanol–water partition coefficient (Wildman–Crippen LogP) is -2.90. The molecule has 23 heavy (non-hydrogen) atoms. The second-order valence-corrected chi connectivity index (χ2v) is 5.35. The average molecular weight is 336 g/mol. The number of carbonyl (C=O) groups excluding carboxylic acids is 3. The number of hydrogen-bond donors (Lipinski definition) is 4. The quantitative estimate of drug-likeness (QED) is 0.238. The lowest BCUT2D eigenvalue weighted by Crippen LogP contribution is -2.65. The van der Waals surface area contributed by atoms with Crippen molar-refractivity contribution < 1.29 is 49.0 Å². The molecule has 4 N–H and O–H groups in total. The normalized spacial score (nSPS) is 31.2. The molecule has 0 aromatic carbocycles. The summed E-state index contributed by atoms with van der Waals surface area (Å²) in [7, 11) is 2.75. The summed E-state index contributed by atoms with van der Waals surface area (Å²) in [5.41, 5.74) is -5.33. The molecule has 1 rings (SSSR count). The monoisotopic (exact) mass is 336 g/mol. The second-order valence-electron chi connectivity index (χ2n) is 5.35. The van der Waals surface area contributed by atoms with Crippen molar-refractivity contribution in [2.75, 3.05) is 21.3 Å². The van der Waals surface area contributed by atoms with Crippen LogP contribution in [0, 0.1) is 5.92 Å². The molecule has 0 radical (unpaired) electrons. The molecule has 1 aliphatic carbocycles. The minimum atomic E-state index is -3.02. The minimum absolute atomic E-state index is 0.601. The van der Waals surface area contributed by atoms with Gasteiger partial charge < -0.3 is 34.6 Å². The summed E-state index contributed by atoms with van der Waals surface area (Å²) in [5.74, 6) is -5.84. The molecule has 0 amide bonds. The molecular formula is C13H20O10. The lowest BCUT2D eigenvalue weighted by Gasteiger charge is -2.44. The van der Waals surface area contributed by atoms with E-state index < -0.39 is 60.1 Å². The van der Waals surface area contributed by atoms with Gasteiger partial charge in [0.15, 0.2) is 5.60 Å². The standard InChI is InChI=1S/C13H20O10/c1-21-9(16)12(19)4-6(8(15)7(14)5-12)13(20,10(17)22-2)11(18)23-3/h6-8,14-15,19-20H,4-5H2,1-3H3/t6-,7+,8+,12-/m0/s1. The Morgan fingerprint density at radius 1 is 1.00 bits per heavy atom. The van der Waals surface area contributed by atoms with Crippen LogP contribution in [-0.2, 0) is 28.6 Å². The molecule has 0 saturated heterocycles. The van der Waals surface area contributed by atoms with Gasteiger partial charge >= 0.3 is 17.9 Å². The highest BCUT2D eigenvalue weighted by atomic mass is 16.6. The Labute approximate surface area is 131 Å². The molecule has 0 aliphatic heterocycles. The van der Waals surface area contributed by atoms with E-state index in [9.17, 15) is 34.8 Å². The predicted molar refractivity (Wildman–Crippen MR) is 70.7 cm³/mol. The van der Waals surface area contributed by atoms with E-state index in [0.717, 1.165) is 21.3 Å². The van der Waals surface area contributed by atoms with Crippen LogP contribution >= 0.6 is 0 Å². The number of hydrogen-bond acceptors (Lipinski definition) is 10. The molecular weight excluding hydrogens is 316 g/mol. The minimum Gasteiger partial charge on any atom is -0.467 e. The van der Waals surface area contributed by atoms with Gasteiger partial charge in [-0.05, 0) is 6.42 Å². The van der Waals surface area contributed by atoms with E-state index in [-0.39, 0.29) is 0 Å². The first-order valence-corrected chi connectivity index (χ1v) is 6.64. The molecule has 1 aliphatic rings. The first kappa shape index (κ1) is 19.3. The number of rotatable bonds is 4. The van der Waals surface area contributed by atoms with Crippen molar-refractivity contribution in [3.8, 4) is 0 Å². The Morgan fingerprint density at radius 3 is 1.87 bits per heavy atom. The van der Waals surface area contributed by atoms with Crippen molar-refractivity contribution in [1.82, 2.24) is 0 Å². The van der Waals surface area contributed by atoms with E-state index in [4.69, 9.17) is 0 Å². The van der Waals surface area contributed by atoms with Crippen molar-refractivity contribution in [3.05, 3.63) is 0 Å². The lowest BCUT2D eigenvalue weighted by molar-refractivity contribution is -0.216. The van der Waals surface area contributed by atoms with E-state index in [1.807, 2.05) is 0 Å².